The molecule has 2 N–H and O–H groups in total. The lowest BCUT2D eigenvalue weighted by Gasteiger charge is -2.04. The van der Waals surface area contributed by atoms with Gasteiger partial charge in [-0.15, -0.1) is 0 Å². The van der Waals surface area contributed by atoms with Crippen molar-refractivity contribution in [3.8, 4) is 22.5 Å². The van der Waals surface area contributed by atoms with Gasteiger partial charge in [-0.1, -0.05) is 17.3 Å². The number of hydrogen-bond donors (Lipinski definition) is 1. The molecule has 1 aromatic heterocycles. The van der Waals surface area contributed by atoms with E-state index in [-0.39, 0.29) is 22.7 Å². The van der Waals surface area contributed by atoms with Crippen molar-refractivity contribution < 1.29 is 17.7 Å². The molecule has 0 amide bonds. The molecular weight excluding hydrogens is 281 g/mol. The van der Waals surface area contributed by atoms with Crippen molar-refractivity contribution >= 4 is 5.82 Å². The van der Waals surface area contributed by atoms with Gasteiger partial charge in [0.05, 0.1) is 5.56 Å². The van der Waals surface area contributed by atoms with Crippen LogP contribution in [0.4, 0.5) is 19.0 Å². The Bertz CT molecular complexity index is 794. The van der Waals surface area contributed by atoms with Crippen molar-refractivity contribution in [1.29, 1.82) is 0 Å². The minimum Gasteiger partial charge on any atom is -0.380 e. The van der Waals surface area contributed by atoms with Gasteiger partial charge in [-0.3, -0.25) is 0 Å². The van der Waals surface area contributed by atoms with Crippen LogP contribution in [-0.2, 0) is 0 Å². The molecule has 0 aliphatic heterocycles. The van der Waals surface area contributed by atoms with Crippen molar-refractivity contribution in [1.82, 2.24) is 5.16 Å². The van der Waals surface area contributed by atoms with E-state index in [1.165, 1.54) is 18.2 Å². The Morgan fingerprint density at radius 2 is 1.52 bits per heavy atom. The molecule has 3 rings (SSSR count). The summed E-state index contributed by atoms with van der Waals surface area (Å²) in [6.07, 6.45) is 0. The molecule has 6 heteroatoms. The summed E-state index contributed by atoms with van der Waals surface area (Å²) in [6, 6.07) is 8.52. The second-order valence-electron chi connectivity index (χ2n) is 4.44. The van der Waals surface area contributed by atoms with Gasteiger partial charge in [-0.25, -0.2) is 13.2 Å². The second-order valence-corrected chi connectivity index (χ2v) is 4.44. The fourth-order valence-electron chi connectivity index (χ4n) is 2.11. The Kier molecular flexibility index (Phi) is 3.13. The zero-order chi connectivity index (χ0) is 15.0. The summed E-state index contributed by atoms with van der Waals surface area (Å²) in [5.41, 5.74) is 6.47. The van der Waals surface area contributed by atoms with Crippen LogP contribution < -0.4 is 5.73 Å². The van der Waals surface area contributed by atoms with Gasteiger partial charge < -0.3 is 10.3 Å². The van der Waals surface area contributed by atoms with E-state index < -0.39 is 17.5 Å². The second kappa shape index (κ2) is 4.97. The molecule has 3 aromatic rings. The number of benzene rings is 2. The molecule has 0 unspecified atom stereocenters. The fourth-order valence-corrected chi connectivity index (χ4v) is 2.11. The van der Waals surface area contributed by atoms with Crippen molar-refractivity contribution in [2.45, 2.75) is 0 Å². The molecule has 3 nitrogen and oxygen atoms in total. The molecule has 0 aliphatic carbocycles. The number of nitrogen functional groups attached to an aromatic ring is 1. The highest BCUT2D eigenvalue weighted by molar-refractivity contribution is 5.86. The number of rotatable bonds is 2. The zero-order valence-corrected chi connectivity index (χ0v) is 10.6. The number of hydrogen-bond acceptors (Lipinski definition) is 3. The molecule has 0 spiro atoms. The van der Waals surface area contributed by atoms with Gasteiger partial charge >= 0.3 is 0 Å². The van der Waals surface area contributed by atoms with E-state index in [4.69, 9.17) is 10.3 Å². The van der Waals surface area contributed by atoms with Crippen molar-refractivity contribution in [2.75, 3.05) is 5.73 Å². The van der Waals surface area contributed by atoms with E-state index in [1.54, 1.807) is 6.07 Å². The van der Waals surface area contributed by atoms with Gasteiger partial charge in [0.25, 0.3) is 0 Å². The lowest BCUT2D eigenvalue weighted by Crippen LogP contribution is -1.91. The van der Waals surface area contributed by atoms with Crippen LogP contribution in [0.25, 0.3) is 22.5 Å². The average Bonchev–Trinajstić information content (AvgIpc) is 2.79. The first kappa shape index (κ1) is 13.2. The minimum atomic E-state index is -0.754. The van der Waals surface area contributed by atoms with Gasteiger partial charge in [0.2, 0.25) is 0 Å². The quantitative estimate of drug-likeness (QED) is 0.776. The van der Waals surface area contributed by atoms with Crippen LogP contribution in [0.5, 0.6) is 0 Å². The standard InChI is InChI=1S/C15H9F3N2O/c16-10-3-1-2-8(4-10)14-13(15(19)20-21-14)9-5-11(17)7-12(18)6-9/h1-7H,(H2,19,20). The highest BCUT2D eigenvalue weighted by atomic mass is 19.1. The lowest BCUT2D eigenvalue weighted by molar-refractivity contribution is 0.436. The molecule has 21 heavy (non-hydrogen) atoms. The normalized spacial score (nSPS) is 10.8. The molecule has 0 saturated heterocycles. The van der Waals surface area contributed by atoms with Crippen molar-refractivity contribution in [3.63, 3.8) is 0 Å². The molecule has 0 fully saturated rings. The predicted molar refractivity (Wildman–Crippen MR) is 71.7 cm³/mol. The molecule has 2 aromatic carbocycles. The minimum absolute atomic E-state index is 0.0285. The van der Waals surface area contributed by atoms with Crippen LogP contribution >= 0.6 is 0 Å². The summed E-state index contributed by atoms with van der Waals surface area (Å²) in [5, 5.41) is 3.59. The molecule has 0 radical (unpaired) electrons. The first-order valence-electron chi connectivity index (χ1n) is 6.02. The van der Waals surface area contributed by atoms with Crippen molar-refractivity contribution in [3.05, 3.63) is 59.9 Å². The van der Waals surface area contributed by atoms with Crippen LogP contribution in [0.1, 0.15) is 0 Å². The maximum Gasteiger partial charge on any atom is 0.177 e. The number of anilines is 1. The van der Waals surface area contributed by atoms with Gasteiger partial charge in [-0.2, -0.15) is 0 Å². The Morgan fingerprint density at radius 3 is 2.19 bits per heavy atom. The maximum atomic E-state index is 13.4. The van der Waals surface area contributed by atoms with Gasteiger partial charge in [-0.05, 0) is 29.8 Å². The first-order chi connectivity index (χ1) is 10.0. The largest absolute Gasteiger partial charge is 0.380 e. The Labute approximate surface area is 117 Å². The summed E-state index contributed by atoms with van der Waals surface area (Å²) in [7, 11) is 0. The monoisotopic (exact) mass is 290 g/mol. The summed E-state index contributed by atoms with van der Waals surface area (Å²) in [5.74, 6) is -1.86. The van der Waals surface area contributed by atoms with E-state index in [0.717, 1.165) is 18.2 Å². The summed E-state index contributed by atoms with van der Waals surface area (Å²) < 4.78 is 45.1. The number of aromatic nitrogens is 1. The molecule has 0 saturated carbocycles. The Morgan fingerprint density at radius 1 is 0.857 bits per heavy atom. The molecule has 0 bridgehead atoms. The van der Waals surface area contributed by atoms with Crippen molar-refractivity contribution in [2.24, 2.45) is 0 Å². The topological polar surface area (TPSA) is 52.0 Å². The van der Waals surface area contributed by atoms with E-state index in [9.17, 15) is 13.2 Å². The summed E-state index contributed by atoms with van der Waals surface area (Å²) in [6.45, 7) is 0. The zero-order valence-electron chi connectivity index (χ0n) is 10.6. The van der Waals surface area contributed by atoms with E-state index in [2.05, 4.69) is 5.16 Å². The Balaban J connectivity index is 2.22. The predicted octanol–water partition coefficient (Wildman–Crippen LogP) is 4.01. The number of halogens is 3. The van der Waals surface area contributed by atoms with Crippen LogP contribution in [0, 0.1) is 17.5 Å². The lowest BCUT2D eigenvalue weighted by atomic mass is 10.0. The molecule has 0 aliphatic rings. The molecule has 1 heterocycles. The highest BCUT2D eigenvalue weighted by Crippen LogP contribution is 2.37. The summed E-state index contributed by atoms with van der Waals surface area (Å²) >= 11 is 0. The van der Waals surface area contributed by atoms with Crippen LogP contribution in [0.2, 0.25) is 0 Å². The number of nitrogens with two attached hydrogens (primary N) is 1. The van der Waals surface area contributed by atoms with Crippen LogP contribution in [-0.4, -0.2) is 5.16 Å². The van der Waals surface area contributed by atoms with Gasteiger partial charge in [0.1, 0.15) is 17.5 Å². The smallest absolute Gasteiger partial charge is 0.177 e. The Hall–Kier alpha value is -2.76. The van der Waals surface area contributed by atoms with E-state index >= 15 is 0 Å². The van der Waals surface area contributed by atoms with E-state index in [0.29, 0.717) is 5.56 Å². The van der Waals surface area contributed by atoms with Gasteiger partial charge in [0.15, 0.2) is 11.6 Å². The van der Waals surface area contributed by atoms with Gasteiger partial charge in [0, 0.05) is 11.6 Å². The summed E-state index contributed by atoms with van der Waals surface area (Å²) in [4.78, 5) is 0. The third kappa shape index (κ3) is 2.47. The van der Waals surface area contributed by atoms with Crippen LogP contribution in [0.15, 0.2) is 47.0 Å². The molecule has 106 valence electrons. The SMILES string of the molecule is Nc1noc(-c2cccc(F)c2)c1-c1cc(F)cc(F)c1. The maximum absolute atomic E-state index is 13.4. The molecule has 0 atom stereocenters. The number of nitrogens with zero attached hydrogens (tertiary/aromatic N) is 1. The fraction of sp³-hybridized carbons (Fsp3) is 0. The first-order valence-corrected chi connectivity index (χ1v) is 6.02. The van der Waals surface area contributed by atoms with Crippen LogP contribution in [0.3, 0.4) is 0 Å². The third-order valence-electron chi connectivity index (χ3n) is 2.96. The third-order valence-corrected chi connectivity index (χ3v) is 2.96. The molecular formula is C15H9F3N2O. The van der Waals surface area contributed by atoms with E-state index in [1.807, 2.05) is 0 Å². The average molecular weight is 290 g/mol. The highest BCUT2D eigenvalue weighted by Gasteiger charge is 2.19.